The Morgan fingerprint density at radius 2 is 1.61 bits per heavy atom. The molecule has 0 amide bonds. The van der Waals surface area contributed by atoms with Gasteiger partial charge in [-0.15, -0.1) is 24.0 Å². The lowest BCUT2D eigenvalue weighted by Gasteiger charge is -2.14. The molecule has 104 valence electrons. The van der Waals surface area contributed by atoms with Crippen molar-refractivity contribution in [3.63, 3.8) is 0 Å². The quantitative estimate of drug-likeness (QED) is 0.620. The SMILES string of the molecule is COc1cc(CNCCCl)cc(OC)c1OC.Cl. The molecule has 0 bridgehead atoms. The average Bonchev–Trinajstić information content (AvgIpc) is 2.37. The van der Waals surface area contributed by atoms with E-state index in [4.69, 9.17) is 25.8 Å². The predicted octanol–water partition coefficient (Wildman–Crippen LogP) is 2.46. The van der Waals surface area contributed by atoms with Crippen LogP contribution in [0, 0.1) is 0 Å². The van der Waals surface area contributed by atoms with E-state index in [1.807, 2.05) is 12.1 Å². The standard InChI is InChI=1S/C12H18ClNO3.ClH/c1-15-10-6-9(8-14-5-4-13)7-11(16-2)12(10)17-3;/h6-7,14H,4-5,8H2,1-3H3;1H. The first-order chi connectivity index (χ1) is 8.26. The van der Waals surface area contributed by atoms with Gasteiger partial charge >= 0.3 is 0 Å². The maximum Gasteiger partial charge on any atom is 0.203 e. The summed E-state index contributed by atoms with van der Waals surface area (Å²) in [5.74, 6) is 2.52. The van der Waals surface area contributed by atoms with E-state index < -0.39 is 0 Å². The molecule has 6 heteroatoms. The molecule has 4 nitrogen and oxygen atoms in total. The summed E-state index contributed by atoms with van der Waals surface area (Å²) in [5.41, 5.74) is 1.06. The maximum atomic E-state index is 5.60. The van der Waals surface area contributed by atoms with Crippen LogP contribution in [0.25, 0.3) is 0 Å². The summed E-state index contributed by atoms with van der Waals surface area (Å²) in [7, 11) is 4.80. The first-order valence-electron chi connectivity index (χ1n) is 5.32. The molecule has 0 aliphatic rings. The van der Waals surface area contributed by atoms with Crippen molar-refractivity contribution < 1.29 is 14.2 Å². The molecule has 0 saturated carbocycles. The van der Waals surface area contributed by atoms with Gasteiger partial charge in [-0.25, -0.2) is 0 Å². The number of hydrogen-bond acceptors (Lipinski definition) is 4. The van der Waals surface area contributed by atoms with Crippen LogP contribution in [-0.4, -0.2) is 33.8 Å². The van der Waals surface area contributed by atoms with Gasteiger partial charge in [-0.3, -0.25) is 0 Å². The van der Waals surface area contributed by atoms with Crippen LogP contribution < -0.4 is 19.5 Å². The van der Waals surface area contributed by atoms with Gasteiger partial charge in [-0.2, -0.15) is 0 Å². The molecule has 0 fully saturated rings. The van der Waals surface area contributed by atoms with E-state index in [1.165, 1.54) is 0 Å². The lowest BCUT2D eigenvalue weighted by Crippen LogP contribution is -2.15. The second-order valence-electron chi connectivity index (χ2n) is 3.40. The number of hydrogen-bond donors (Lipinski definition) is 1. The van der Waals surface area contributed by atoms with Gasteiger partial charge in [0.1, 0.15) is 0 Å². The molecular formula is C12H19Cl2NO3. The number of halogens is 2. The van der Waals surface area contributed by atoms with Crippen molar-refractivity contribution in [2.24, 2.45) is 0 Å². The van der Waals surface area contributed by atoms with E-state index in [9.17, 15) is 0 Å². The van der Waals surface area contributed by atoms with Gasteiger partial charge in [-0.1, -0.05) is 0 Å². The second-order valence-corrected chi connectivity index (χ2v) is 3.78. The van der Waals surface area contributed by atoms with Crippen LogP contribution in [0.2, 0.25) is 0 Å². The molecule has 0 atom stereocenters. The first-order valence-corrected chi connectivity index (χ1v) is 5.85. The number of rotatable bonds is 7. The summed E-state index contributed by atoms with van der Waals surface area (Å²) in [6, 6.07) is 3.84. The molecule has 1 aromatic rings. The first kappa shape index (κ1) is 17.2. The van der Waals surface area contributed by atoms with Crippen molar-refractivity contribution in [2.45, 2.75) is 6.54 Å². The third kappa shape index (κ3) is 4.44. The van der Waals surface area contributed by atoms with Gasteiger partial charge in [0.25, 0.3) is 0 Å². The fourth-order valence-electron chi connectivity index (χ4n) is 1.54. The van der Waals surface area contributed by atoms with E-state index in [1.54, 1.807) is 21.3 Å². The number of alkyl halides is 1. The lowest BCUT2D eigenvalue weighted by atomic mass is 10.2. The molecular weight excluding hydrogens is 277 g/mol. The van der Waals surface area contributed by atoms with Gasteiger partial charge in [0.05, 0.1) is 21.3 Å². The maximum absolute atomic E-state index is 5.60. The van der Waals surface area contributed by atoms with Gasteiger partial charge in [0, 0.05) is 19.0 Å². The summed E-state index contributed by atoms with van der Waals surface area (Å²) in [4.78, 5) is 0. The smallest absolute Gasteiger partial charge is 0.203 e. The minimum atomic E-state index is 0. The summed E-state index contributed by atoms with van der Waals surface area (Å²) < 4.78 is 15.8. The Hall–Kier alpha value is -0.840. The molecule has 0 saturated heterocycles. The van der Waals surface area contributed by atoms with Gasteiger partial charge in [-0.05, 0) is 17.7 Å². The minimum absolute atomic E-state index is 0. The van der Waals surface area contributed by atoms with Crippen molar-refractivity contribution in [1.29, 1.82) is 0 Å². The zero-order chi connectivity index (χ0) is 12.7. The van der Waals surface area contributed by atoms with E-state index in [2.05, 4.69) is 5.32 Å². The van der Waals surface area contributed by atoms with Crippen molar-refractivity contribution in [1.82, 2.24) is 5.32 Å². The van der Waals surface area contributed by atoms with Gasteiger partial charge < -0.3 is 19.5 Å². The highest BCUT2D eigenvalue weighted by atomic mass is 35.5. The van der Waals surface area contributed by atoms with Crippen molar-refractivity contribution in [3.8, 4) is 17.2 Å². The molecule has 0 aliphatic heterocycles. The molecule has 1 rings (SSSR count). The molecule has 1 aromatic carbocycles. The average molecular weight is 296 g/mol. The third-order valence-corrected chi connectivity index (χ3v) is 2.51. The van der Waals surface area contributed by atoms with Crippen molar-refractivity contribution >= 4 is 24.0 Å². The number of methoxy groups -OCH3 is 3. The second kappa shape index (κ2) is 9.14. The highest BCUT2D eigenvalue weighted by Gasteiger charge is 2.12. The Morgan fingerprint density at radius 1 is 1.06 bits per heavy atom. The summed E-state index contributed by atoms with van der Waals surface area (Å²) in [6.45, 7) is 1.47. The van der Waals surface area contributed by atoms with E-state index in [0.717, 1.165) is 12.1 Å². The normalized spacial score (nSPS) is 9.56. The topological polar surface area (TPSA) is 39.7 Å². The number of nitrogens with one attached hydrogen (secondary N) is 1. The van der Waals surface area contributed by atoms with E-state index in [-0.39, 0.29) is 12.4 Å². The molecule has 0 aromatic heterocycles. The monoisotopic (exact) mass is 295 g/mol. The zero-order valence-corrected chi connectivity index (χ0v) is 12.4. The summed E-state index contributed by atoms with van der Waals surface area (Å²) in [5, 5.41) is 3.21. The Bertz CT molecular complexity index is 336. The fourth-order valence-corrected chi connectivity index (χ4v) is 1.67. The highest BCUT2D eigenvalue weighted by molar-refractivity contribution is 6.18. The van der Waals surface area contributed by atoms with Gasteiger partial charge in [0.2, 0.25) is 5.75 Å². The van der Waals surface area contributed by atoms with E-state index in [0.29, 0.717) is 29.7 Å². The molecule has 18 heavy (non-hydrogen) atoms. The Kier molecular flexibility index (Phi) is 8.71. The molecule has 0 aliphatic carbocycles. The molecule has 0 spiro atoms. The van der Waals surface area contributed by atoms with Crippen LogP contribution >= 0.6 is 24.0 Å². The largest absolute Gasteiger partial charge is 0.493 e. The van der Waals surface area contributed by atoms with Crippen molar-refractivity contribution in [2.75, 3.05) is 33.8 Å². The molecule has 0 unspecified atom stereocenters. The molecule has 0 radical (unpaired) electrons. The van der Waals surface area contributed by atoms with Gasteiger partial charge in [0.15, 0.2) is 11.5 Å². The fraction of sp³-hybridized carbons (Fsp3) is 0.500. The molecule has 1 N–H and O–H groups in total. The summed E-state index contributed by atoms with van der Waals surface area (Å²) >= 11 is 5.60. The number of benzene rings is 1. The highest BCUT2D eigenvalue weighted by Crippen LogP contribution is 2.38. The number of ether oxygens (including phenoxy) is 3. The lowest BCUT2D eigenvalue weighted by molar-refractivity contribution is 0.323. The Labute approximate surface area is 119 Å². The van der Waals surface area contributed by atoms with Crippen LogP contribution in [0.15, 0.2) is 12.1 Å². The van der Waals surface area contributed by atoms with Crippen LogP contribution in [0.4, 0.5) is 0 Å². The molecule has 0 heterocycles. The summed E-state index contributed by atoms with van der Waals surface area (Å²) in [6.07, 6.45) is 0. The predicted molar refractivity (Wildman–Crippen MR) is 75.8 cm³/mol. The minimum Gasteiger partial charge on any atom is -0.493 e. The van der Waals surface area contributed by atoms with Crippen LogP contribution in [0.5, 0.6) is 17.2 Å². The Morgan fingerprint density at radius 3 is 2.00 bits per heavy atom. The zero-order valence-electron chi connectivity index (χ0n) is 10.8. The van der Waals surface area contributed by atoms with Crippen LogP contribution in [-0.2, 0) is 6.54 Å². The third-order valence-electron chi connectivity index (χ3n) is 2.32. The van der Waals surface area contributed by atoms with E-state index >= 15 is 0 Å². The van der Waals surface area contributed by atoms with Crippen LogP contribution in [0.1, 0.15) is 5.56 Å². The van der Waals surface area contributed by atoms with Crippen LogP contribution in [0.3, 0.4) is 0 Å². The Balaban J connectivity index is 0.00000289. The van der Waals surface area contributed by atoms with Crippen molar-refractivity contribution in [3.05, 3.63) is 17.7 Å².